The maximum atomic E-state index is 12.6. The SMILES string of the molecule is CN1C(=O)C(C)(C)C(=O)Nc2ccc(CCOCc3ccccc3)cc21. The summed E-state index contributed by atoms with van der Waals surface area (Å²) in [5.74, 6) is -0.502. The Hall–Kier alpha value is -2.66. The summed E-state index contributed by atoms with van der Waals surface area (Å²) in [5.41, 5.74) is 2.49. The van der Waals surface area contributed by atoms with Crippen LogP contribution in [-0.2, 0) is 27.4 Å². The molecule has 5 nitrogen and oxygen atoms in total. The van der Waals surface area contributed by atoms with Crippen molar-refractivity contribution < 1.29 is 14.3 Å². The monoisotopic (exact) mass is 352 g/mol. The second-order valence-corrected chi connectivity index (χ2v) is 7.08. The van der Waals surface area contributed by atoms with Crippen molar-refractivity contribution in [2.45, 2.75) is 26.9 Å². The first-order chi connectivity index (χ1) is 12.4. The van der Waals surface area contributed by atoms with Gasteiger partial charge in [-0.25, -0.2) is 0 Å². The minimum absolute atomic E-state index is 0.216. The van der Waals surface area contributed by atoms with Crippen LogP contribution in [0.25, 0.3) is 0 Å². The number of fused-ring (bicyclic) bond motifs is 1. The van der Waals surface area contributed by atoms with Crippen LogP contribution in [0.3, 0.4) is 0 Å². The van der Waals surface area contributed by atoms with Crippen molar-refractivity contribution in [1.29, 1.82) is 0 Å². The van der Waals surface area contributed by atoms with Crippen LogP contribution < -0.4 is 10.2 Å². The van der Waals surface area contributed by atoms with Crippen LogP contribution in [0.2, 0.25) is 0 Å². The fraction of sp³-hybridized carbons (Fsp3) is 0.333. The van der Waals surface area contributed by atoms with Gasteiger partial charge in [0, 0.05) is 7.05 Å². The van der Waals surface area contributed by atoms with Gasteiger partial charge in [-0.3, -0.25) is 9.59 Å². The number of hydrogen-bond acceptors (Lipinski definition) is 3. The molecule has 3 rings (SSSR count). The number of anilines is 2. The van der Waals surface area contributed by atoms with Gasteiger partial charge in [0.25, 0.3) is 0 Å². The van der Waals surface area contributed by atoms with Gasteiger partial charge >= 0.3 is 0 Å². The maximum absolute atomic E-state index is 12.6. The molecule has 26 heavy (non-hydrogen) atoms. The molecular weight excluding hydrogens is 328 g/mol. The number of ether oxygens (including phenoxy) is 1. The first-order valence-corrected chi connectivity index (χ1v) is 8.74. The fourth-order valence-electron chi connectivity index (χ4n) is 2.97. The van der Waals surface area contributed by atoms with E-state index >= 15 is 0 Å². The Morgan fingerprint density at radius 2 is 1.77 bits per heavy atom. The van der Waals surface area contributed by atoms with E-state index in [-0.39, 0.29) is 11.8 Å². The molecule has 0 spiro atoms. The molecular formula is C21H24N2O3. The molecule has 0 aromatic heterocycles. The highest BCUT2D eigenvalue weighted by atomic mass is 16.5. The highest BCUT2D eigenvalue weighted by Crippen LogP contribution is 2.35. The number of amides is 2. The van der Waals surface area contributed by atoms with Gasteiger partial charge in [0.05, 0.1) is 24.6 Å². The number of rotatable bonds is 5. The lowest BCUT2D eigenvalue weighted by Crippen LogP contribution is -2.43. The molecule has 1 aliphatic rings. The summed E-state index contributed by atoms with van der Waals surface area (Å²) >= 11 is 0. The maximum Gasteiger partial charge on any atom is 0.241 e. The summed E-state index contributed by atoms with van der Waals surface area (Å²) in [6.45, 7) is 4.45. The molecule has 0 unspecified atom stereocenters. The van der Waals surface area contributed by atoms with Crippen LogP contribution in [0.15, 0.2) is 48.5 Å². The van der Waals surface area contributed by atoms with Gasteiger partial charge in [0.2, 0.25) is 11.8 Å². The lowest BCUT2D eigenvalue weighted by molar-refractivity contribution is -0.136. The van der Waals surface area contributed by atoms with Crippen LogP contribution >= 0.6 is 0 Å². The molecule has 1 N–H and O–H groups in total. The molecule has 2 aromatic rings. The number of nitrogens with zero attached hydrogens (tertiary/aromatic N) is 1. The van der Waals surface area contributed by atoms with Crippen molar-refractivity contribution in [2.24, 2.45) is 5.41 Å². The number of nitrogens with one attached hydrogen (secondary N) is 1. The predicted molar refractivity (Wildman–Crippen MR) is 102 cm³/mol. The molecule has 0 aliphatic carbocycles. The van der Waals surface area contributed by atoms with E-state index in [1.807, 2.05) is 48.5 Å². The Morgan fingerprint density at radius 1 is 1.04 bits per heavy atom. The summed E-state index contributed by atoms with van der Waals surface area (Å²) < 4.78 is 5.74. The fourth-order valence-corrected chi connectivity index (χ4v) is 2.97. The molecule has 2 aromatic carbocycles. The third kappa shape index (κ3) is 3.63. The van der Waals surface area contributed by atoms with Crippen LogP contribution in [0.1, 0.15) is 25.0 Å². The van der Waals surface area contributed by atoms with Gasteiger partial charge in [0.1, 0.15) is 5.41 Å². The highest BCUT2D eigenvalue weighted by Gasteiger charge is 2.41. The number of benzene rings is 2. The molecule has 0 fully saturated rings. The molecule has 0 bridgehead atoms. The number of hydrogen-bond donors (Lipinski definition) is 1. The molecule has 0 saturated heterocycles. The standard InChI is InChI=1S/C21H24N2O3/c1-21(2)19(24)22-17-10-9-15(13-18(17)23(3)20(21)25)11-12-26-14-16-7-5-4-6-8-16/h4-10,13H,11-12,14H2,1-3H3,(H,22,24). The lowest BCUT2D eigenvalue weighted by atomic mass is 9.91. The summed E-state index contributed by atoms with van der Waals surface area (Å²) in [6, 6.07) is 15.8. The van der Waals surface area contributed by atoms with Gasteiger partial charge < -0.3 is 15.0 Å². The van der Waals surface area contributed by atoms with E-state index in [9.17, 15) is 9.59 Å². The van der Waals surface area contributed by atoms with Crippen LogP contribution in [0.5, 0.6) is 0 Å². The van der Waals surface area contributed by atoms with Crippen LogP contribution in [0, 0.1) is 5.41 Å². The van der Waals surface area contributed by atoms with Crippen molar-refractivity contribution in [1.82, 2.24) is 0 Å². The van der Waals surface area contributed by atoms with Crippen molar-refractivity contribution in [3.05, 3.63) is 59.7 Å². The zero-order chi connectivity index (χ0) is 18.7. The molecule has 1 heterocycles. The van der Waals surface area contributed by atoms with Crippen molar-refractivity contribution in [2.75, 3.05) is 23.9 Å². The second-order valence-electron chi connectivity index (χ2n) is 7.08. The molecule has 136 valence electrons. The van der Waals surface area contributed by atoms with E-state index < -0.39 is 5.41 Å². The number of carbonyl (C=O) groups is 2. The van der Waals surface area contributed by atoms with E-state index in [4.69, 9.17) is 4.74 Å². The third-order valence-corrected chi connectivity index (χ3v) is 4.73. The topological polar surface area (TPSA) is 58.6 Å². The summed E-state index contributed by atoms with van der Waals surface area (Å²) in [4.78, 5) is 26.5. The normalized spacial score (nSPS) is 16.0. The Bertz CT molecular complexity index is 815. The third-order valence-electron chi connectivity index (χ3n) is 4.73. The van der Waals surface area contributed by atoms with Gasteiger partial charge in [-0.1, -0.05) is 36.4 Å². The first kappa shape index (κ1) is 18.1. The zero-order valence-corrected chi connectivity index (χ0v) is 15.4. The Kier molecular flexibility index (Phi) is 5.09. The van der Waals surface area contributed by atoms with Gasteiger partial charge in [-0.05, 0) is 43.5 Å². The Labute approximate surface area is 154 Å². The minimum atomic E-state index is -1.09. The van der Waals surface area contributed by atoms with E-state index in [0.29, 0.717) is 18.9 Å². The van der Waals surface area contributed by atoms with Gasteiger partial charge in [-0.2, -0.15) is 0 Å². The summed E-state index contributed by atoms with van der Waals surface area (Å²) in [7, 11) is 1.71. The van der Waals surface area contributed by atoms with Crippen molar-refractivity contribution >= 4 is 23.2 Å². The second kappa shape index (κ2) is 7.30. The van der Waals surface area contributed by atoms with Crippen LogP contribution in [-0.4, -0.2) is 25.5 Å². The first-order valence-electron chi connectivity index (χ1n) is 8.74. The van der Waals surface area contributed by atoms with Crippen molar-refractivity contribution in [3.63, 3.8) is 0 Å². The largest absolute Gasteiger partial charge is 0.376 e. The van der Waals surface area contributed by atoms with E-state index in [0.717, 1.165) is 23.2 Å². The lowest BCUT2D eigenvalue weighted by Gasteiger charge is -2.24. The number of carbonyl (C=O) groups excluding carboxylic acids is 2. The molecule has 0 radical (unpaired) electrons. The smallest absolute Gasteiger partial charge is 0.241 e. The molecule has 1 aliphatic heterocycles. The Balaban J connectivity index is 1.68. The van der Waals surface area contributed by atoms with Crippen molar-refractivity contribution in [3.8, 4) is 0 Å². The highest BCUT2D eigenvalue weighted by molar-refractivity contribution is 6.19. The quantitative estimate of drug-likeness (QED) is 0.663. The van der Waals surface area contributed by atoms with E-state index in [1.54, 1.807) is 25.8 Å². The van der Waals surface area contributed by atoms with E-state index in [2.05, 4.69) is 5.32 Å². The Morgan fingerprint density at radius 3 is 2.50 bits per heavy atom. The minimum Gasteiger partial charge on any atom is -0.376 e. The summed E-state index contributed by atoms with van der Waals surface area (Å²) in [5, 5.41) is 2.86. The molecule has 5 heteroatoms. The van der Waals surface area contributed by atoms with E-state index in [1.165, 1.54) is 0 Å². The molecule has 0 saturated carbocycles. The van der Waals surface area contributed by atoms with Crippen LogP contribution in [0.4, 0.5) is 11.4 Å². The molecule has 0 atom stereocenters. The molecule has 2 amide bonds. The average molecular weight is 352 g/mol. The van der Waals surface area contributed by atoms with Gasteiger partial charge in [-0.15, -0.1) is 0 Å². The predicted octanol–water partition coefficient (Wildman–Crippen LogP) is 3.39. The average Bonchev–Trinajstić information content (AvgIpc) is 2.70. The van der Waals surface area contributed by atoms with Gasteiger partial charge in [0.15, 0.2) is 0 Å². The summed E-state index contributed by atoms with van der Waals surface area (Å²) in [6.07, 6.45) is 0.736. The zero-order valence-electron chi connectivity index (χ0n) is 15.4.